The Morgan fingerprint density at radius 2 is 2.25 bits per heavy atom. The standard InChI is InChI=1S/C11H17N3O2/c1-8-5-4-6-9(12)11(8)13-10(15)7-14(2)16-3/h4-6H,7,12H2,1-3H3,(H,13,15). The van der Waals surface area contributed by atoms with Crippen LogP contribution in [-0.2, 0) is 9.63 Å². The van der Waals surface area contributed by atoms with Crippen LogP contribution in [0.15, 0.2) is 18.2 Å². The van der Waals surface area contributed by atoms with Gasteiger partial charge in [0.1, 0.15) is 6.54 Å². The number of amides is 1. The second-order valence-electron chi connectivity index (χ2n) is 3.56. The van der Waals surface area contributed by atoms with E-state index >= 15 is 0 Å². The van der Waals surface area contributed by atoms with Gasteiger partial charge >= 0.3 is 0 Å². The number of anilines is 2. The van der Waals surface area contributed by atoms with Crippen LogP contribution in [0, 0.1) is 6.92 Å². The van der Waals surface area contributed by atoms with Gasteiger partial charge in [0.2, 0.25) is 5.91 Å². The van der Waals surface area contributed by atoms with E-state index in [0.717, 1.165) is 5.56 Å². The highest BCUT2D eigenvalue weighted by Crippen LogP contribution is 2.22. The van der Waals surface area contributed by atoms with Gasteiger partial charge in [-0.05, 0) is 18.6 Å². The number of nitrogens with zero attached hydrogens (tertiary/aromatic N) is 1. The molecular weight excluding hydrogens is 206 g/mol. The van der Waals surface area contributed by atoms with Crippen LogP contribution in [0.4, 0.5) is 11.4 Å². The van der Waals surface area contributed by atoms with Gasteiger partial charge in [-0.15, -0.1) is 0 Å². The third-order valence-corrected chi connectivity index (χ3v) is 2.25. The number of hydroxylamine groups is 2. The summed E-state index contributed by atoms with van der Waals surface area (Å²) in [6.07, 6.45) is 0. The molecule has 1 amide bonds. The molecule has 0 saturated heterocycles. The summed E-state index contributed by atoms with van der Waals surface area (Å²) in [6.45, 7) is 2.05. The number of likely N-dealkylation sites (N-methyl/N-ethyl adjacent to an activating group) is 1. The zero-order valence-corrected chi connectivity index (χ0v) is 9.78. The summed E-state index contributed by atoms with van der Waals surface area (Å²) in [5.74, 6) is -0.162. The van der Waals surface area contributed by atoms with Crippen LogP contribution in [0.1, 0.15) is 5.56 Å². The summed E-state index contributed by atoms with van der Waals surface area (Å²) in [4.78, 5) is 16.5. The Labute approximate surface area is 95.1 Å². The van der Waals surface area contributed by atoms with Crippen LogP contribution in [0.2, 0.25) is 0 Å². The third kappa shape index (κ3) is 3.22. The highest BCUT2D eigenvalue weighted by molar-refractivity contribution is 5.95. The van der Waals surface area contributed by atoms with Crippen LogP contribution in [0.25, 0.3) is 0 Å². The number of rotatable bonds is 4. The molecule has 0 spiro atoms. The Morgan fingerprint density at radius 3 is 2.81 bits per heavy atom. The highest BCUT2D eigenvalue weighted by Gasteiger charge is 2.09. The van der Waals surface area contributed by atoms with Crippen LogP contribution in [-0.4, -0.2) is 31.7 Å². The average Bonchev–Trinajstić information content (AvgIpc) is 2.23. The number of nitrogens with one attached hydrogen (secondary N) is 1. The minimum Gasteiger partial charge on any atom is -0.397 e. The second kappa shape index (κ2) is 5.48. The number of carbonyl (C=O) groups is 1. The maximum Gasteiger partial charge on any atom is 0.241 e. The van der Waals surface area contributed by atoms with Crippen LogP contribution < -0.4 is 11.1 Å². The predicted molar refractivity (Wildman–Crippen MR) is 63.9 cm³/mol. The summed E-state index contributed by atoms with van der Waals surface area (Å²) < 4.78 is 0. The summed E-state index contributed by atoms with van der Waals surface area (Å²) in [7, 11) is 3.19. The minimum absolute atomic E-state index is 0.157. The molecule has 88 valence electrons. The van der Waals surface area contributed by atoms with Crippen molar-refractivity contribution in [2.45, 2.75) is 6.92 Å². The minimum atomic E-state index is -0.162. The van der Waals surface area contributed by atoms with Crippen LogP contribution in [0.5, 0.6) is 0 Å². The van der Waals surface area contributed by atoms with Gasteiger partial charge in [0, 0.05) is 7.05 Å². The van der Waals surface area contributed by atoms with E-state index in [1.165, 1.54) is 12.2 Å². The Bertz CT molecular complexity index is 359. The lowest BCUT2D eigenvalue weighted by Gasteiger charge is -2.15. The number of carbonyl (C=O) groups excluding carboxylic acids is 1. The van der Waals surface area contributed by atoms with Gasteiger partial charge in [-0.2, -0.15) is 5.06 Å². The quantitative estimate of drug-likeness (QED) is 0.590. The summed E-state index contributed by atoms with van der Waals surface area (Å²) in [5, 5.41) is 4.19. The number of nitrogen functional groups attached to an aromatic ring is 1. The van der Waals surface area contributed by atoms with Gasteiger partial charge in [0.25, 0.3) is 0 Å². The number of benzene rings is 1. The molecule has 0 heterocycles. The Balaban J connectivity index is 2.70. The maximum atomic E-state index is 11.6. The first kappa shape index (κ1) is 12.5. The van der Waals surface area contributed by atoms with Gasteiger partial charge < -0.3 is 15.9 Å². The van der Waals surface area contributed by atoms with Crippen LogP contribution >= 0.6 is 0 Å². The molecule has 1 aromatic rings. The van der Waals surface area contributed by atoms with E-state index < -0.39 is 0 Å². The molecule has 0 aliphatic carbocycles. The first-order chi connectivity index (χ1) is 7.54. The second-order valence-corrected chi connectivity index (χ2v) is 3.56. The SMILES string of the molecule is CON(C)CC(=O)Nc1c(C)cccc1N. The van der Waals surface area contributed by atoms with Gasteiger partial charge in [-0.25, -0.2) is 0 Å². The third-order valence-electron chi connectivity index (χ3n) is 2.25. The van der Waals surface area contributed by atoms with Crippen molar-refractivity contribution in [3.8, 4) is 0 Å². The van der Waals surface area contributed by atoms with Gasteiger partial charge in [0.05, 0.1) is 18.5 Å². The first-order valence-electron chi connectivity index (χ1n) is 4.94. The summed E-state index contributed by atoms with van der Waals surface area (Å²) in [5.41, 5.74) is 7.94. The van der Waals surface area contributed by atoms with Crippen molar-refractivity contribution in [1.82, 2.24) is 5.06 Å². The van der Waals surface area contributed by atoms with Crippen molar-refractivity contribution in [2.75, 3.05) is 31.8 Å². The lowest BCUT2D eigenvalue weighted by Crippen LogP contribution is -2.29. The molecule has 5 nitrogen and oxygen atoms in total. The number of hydrogen-bond donors (Lipinski definition) is 2. The lowest BCUT2D eigenvalue weighted by molar-refractivity contribution is -0.137. The zero-order chi connectivity index (χ0) is 12.1. The van der Waals surface area contributed by atoms with E-state index in [0.29, 0.717) is 11.4 Å². The molecule has 0 aliphatic heterocycles. The number of para-hydroxylation sites is 1. The predicted octanol–water partition coefficient (Wildman–Crippen LogP) is 1.01. The molecule has 1 rings (SSSR count). The molecular formula is C11H17N3O2. The lowest BCUT2D eigenvalue weighted by atomic mass is 10.1. The molecule has 0 aromatic heterocycles. The maximum absolute atomic E-state index is 11.6. The summed E-state index contributed by atoms with van der Waals surface area (Å²) >= 11 is 0. The van der Waals surface area contributed by atoms with E-state index in [2.05, 4.69) is 5.32 Å². The van der Waals surface area contributed by atoms with Crippen molar-refractivity contribution < 1.29 is 9.63 Å². The Morgan fingerprint density at radius 1 is 1.56 bits per heavy atom. The molecule has 0 radical (unpaired) electrons. The molecule has 1 aromatic carbocycles. The molecule has 0 fully saturated rings. The molecule has 5 heteroatoms. The topological polar surface area (TPSA) is 67.6 Å². The molecule has 16 heavy (non-hydrogen) atoms. The summed E-state index contributed by atoms with van der Waals surface area (Å²) in [6, 6.07) is 5.50. The number of nitrogens with two attached hydrogens (primary N) is 1. The Kier molecular flexibility index (Phi) is 4.28. The van der Waals surface area contributed by atoms with Crippen molar-refractivity contribution in [2.24, 2.45) is 0 Å². The average molecular weight is 223 g/mol. The van der Waals surface area contributed by atoms with Gasteiger partial charge in [-0.1, -0.05) is 12.1 Å². The molecule has 0 bridgehead atoms. The van der Waals surface area contributed by atoms with Crippen molar-refractivity contribution in [3.05, 3.63) is 23.8 Å². The van der Waals surface area contributed by atoms with Crippen molar-refractivity contribution >= 4 is 17.3 Å². The van der Waals surface area contributed by atoms with Gasteiger partial charge in [-0.3, -0.25) is 4.79 Å². The monoisotopic (exact) mass is 223 g/mol. The number of hydrogen-bond acceptors (Lipinski definition) is 4. The fourth-order valence-electron chi connectivity index (χ4n) is 1.31. The zero-order valence-electron chi connectivity index (χ0n) is 9.78. The number of aryl methyl sites for hydroxylation is 1. The van der Waals surface area contributed by atoms with Crippen molar-refractivity contribution in [1.29, 1.82) is 0 Å². The van der Waals surface area contributed by atoms with E-state index in [9.17, 15) is 4.79 Å². The normalized spacial score (nSPS) is 10.5. The van der Waals surface area contributed by atoms with E-state index in [-0.39, 0.29) is 12.5 Å². The molecule has 0 aliphatic rings. The van der Waals surface area contributed by atoms with E-state index in [4.69, 9.17) is 10.6 Å². The molecule has 0 unspecified atom stereocenters. The van der Waals surface area contributed by atoms with E-state index in [1.807, 2.05) is 19.1 Å². The Hall–Kier alpha value is -1.59. The fourth-order valence-corrected chi connectivity index (χ4v) is 1.31. The van der Waals surface area contributed by atoms with Crippen molar-refractivity contribution in [3.63, 3.8) is 0 Å². The molecule has 3 N–H and O–H groups in total. The van der Waals surface area contributed by atoms with Crippen LogP contribution in [0.3, 0.4) is 0 Å². The van der Waals surface area contributed by atoms with Gasteiger partial charge in [0.15, 0.2) is 0 Å². The highest BCUT2D eigenvalue weighted by atomic mass is 16.7. The fraction of sp³-hybridized carbons (Fsp3) is 0.364. The largest absolute Gasteiger partial charge is 0.397 e. The van der Waals surface area contributed by atoms with E-state index in [1.54, 1.807) is 13.1 Å². The molecule has 0 saturated carbocycles. The smallest absolute Gasteiger partial charge is 0.241 e. The first-order valence-corrected chi connectivity index (χ1v) is 4.94. The molecule has 0 atom stereocenters.